The van der Waals surface area contributed by atoms with E-state index in [0.717, 1.165) is 19.3 Å². The Hall–Kier alpha value is -1.26. The normalized spacial score (nSPS) is 26.5. The van der Waals surface area contributed by atoms with Gasteiger partial charge in [-0.15, -0.1) is 0 Å². The van der Waals surface area contributed by atoms with Gasteiger partial charge in [0.2, 0.25) is 0 Å². The molecule has 0 aromatic heterocycles. The Morgan fingerprint density at radius 3 is 2.24 bits per heavy atom. The van der Waals surface area contributed by atoms with Gasteiger partial charge in [0.1, 0.15) is 11.1 Å². The Bertz CT molecular complexity index is 400. The van der Waals surface area contributed by atoms with Crippen LogP contribution in [0.25, 0.3) is 0 Å². The van der Waals surface area contributed by atoms with E-state index in [4.69, 9.17) is 4.74 Å². The van der Waals surface area contributed by atoms with Crippen LogP contribution in [0.5, 0.6) is 0 Å². The summed E-state index contributed by atoms with van der Waals surface area (Å²) in [6.45, 7) is 11.0. The summed E-state index contributed by atoms with van der Waals surface area (Å²) in [6.07, 6.45) is 2.60. The van der Waals surface area contributed by atoms with Crippen LogP contribution in [0.4, 0.5) is 4.79 Å². The Labute approximate surface area is 127 Å². The molecule has 0 heterocycles. The third-order valence-corrected chi connectivity index (χ3v) is 4.17. The van der Waals surface area contributed by atoms with E-state index in [1.807, 2.05) is 20.8 Å². The molecule has 0 aliphatic heterocycles. The molecule has 2 atom stereocenters. The highest BCUT2D eigenvalue weighted by molar-refractivity contribution is 5.85. The lowest BCUT2D eigenvalue weighted by Crippen LogP contribution is -2.64. The summed E-state index contributed by atoms with van der Waals surface area (Å²) in [5.41, 5.74) is -1.80. The molecule has 1 aliphatic carbocycles. The van der Waals surface area contributed by atoms with Crippen LogP contribution in [-0.4, -0.2) is 39.3 Å². The maximum Gasteiger partial charge on any atom is 0.411 e. The zero-order valence-corrected chi connectivity index (χ0v) is 14.1. The van der Waals surface area contributed by atoms with Gasteiger partial charge in [0.05, 0.1) is 0 Å². The summed E-state index contributed by atoms with van der Waals surface area (Å²) in [7, 11) is 0. The third-order valence-electron chi connectivity index (χ3n) is 4.17. The Balaban J connectivity index is 3.22. The van der Waals surface area contributed by atoms with Crippen molar-refractivity contribution in [2.75, 3.05) is 0 Å². The number of hydrogen-bond donors (Lipinski definition) is 1. The smallest absolute Gasteiger partial charge is 0.411 e. The lowest BCUT2D eigenvalue weighted by atomic mass is 9.72. The van der Waals surface area contributed by atoms with Crippen molar-refractivity contribution < 1.29 is 19.4 Å². The molecule has 0 bridgehead atoms. The molecule has 5 heteroatoms. The topological polar surface area (TPSA) is 66.8 Å². The highest BCUT2D eigenvalue weighted by Crippen LogP contribution is 2.40. The molecule has 1 amide bonds. The second-order valence-corrected chi connectivity index (χ2v) is 7.32. The van der Waals surface area contributed by atoms with Crippen LogP contribution in [0.3, 0.4) is 0 Å². The Morgan fingerprint density at radius 1 is 1.29 bits per heavy atom. The SMILES string of the molecule is CC(C)N(C(=O)OC(C)(C)C)C1(C(=O)O)CCCCC1C. The van der Waals surface area contributed by atoms with Crippen molar-refractivity contribution in [2.24, 2.45) is 5.92 Å². The summed E-state index contributed by atoms with van der Waals surface area (Å²) >= 11 is 0. The van der Waals surface area contributed by atoms with Crippen LogP contribution >= 0.6 is 0 Å². The fourth-order valence-electron chi connectivity index (χ4n) is 3.25. The minimum Gasteiger partial charge on any atom is -0.479 e. The summed E-state index contributed by atoms with van der Waals surface area (Å²) < 4.78 is 5.46. The van der Waals surface area contributed by atoms with E-state index in [9.17, 15) is 14.7 Å². The van der Waals surface area contributed by atoms with E-state index in [1.54, 1.807) is 20.8 Å². The Morgan fingerprint density at radius 2 is 1.86 bits per heavy atom. The molecule has 2 unspecified atom stereocenters. The number of carboxylic acids is 1. The largest absolute Gasteiger partial charge is 0.479 e. The summed E-state index contributed by atoms with van der Waals surface area (Å²) in [4.78, 5) is 26.1. The predicted molar refractivity (Wildman–Crippen MR) is 81.2 cm³/mol. The minimum atomic E-state index is -1.16. The van der Waals surface area contributed by atoms with Crippen molar-refractivity contribution in [3.8, 4) is 0 Å². The first-order valence-corrected chi connectivity index (χ1v) is 7.78. The van der Waals surface area contributed by atoms with Gasteiger partial charge < -0.3 is 9.84 Å². The van der Waals surface area contributed by atoms with Crippen LogP contribution in [0.1, 0.15) is 67.2 Å². The van der Waals surface area contributed by atoms with Crippen LogP contribution in [0.2, 0.25) is 0 Å². The quantitative estimate of drug-likeness (QED) is 0.863. The molecule has 0 saturated heterocycles. The predicted octanol–water partition coefficient (Wildman–Crippen LogP) is 3.67. The van der Waals surface area contributed by atoms with E-state index < -0.39 is 23.2 Å². The van der Waals surface area contributed by atoms with E-state index in [1.165, 1.54) is 4.90 Å². The summed E-state index contributed by atoms with van der Waals surface area (Å²) in [5, 5.41) is 9.88. The molecule has 1 fully saturated rings. The van der Waals surface area contributed by atoms with E-state index >= 15 is 0 Å². The highest BCUT2D eigenvalue weighted by Gasteiger charge is 2.53. The average Bonchev–Trinajstić information content (AvgIpc) is 2.28. The second-order valence-electron chi connectivity index (χ2n) is 7.32. The number of carboxylic acid groups (broad SMARTS) is 1. The zero-order valence-electron chi connectivity index (χ0n) is 14.1. The highest BCUT2D eigenvalue weighted by atomic mass is 16.6. The number of carbonyl (C=O) groups excluding carboxylic acids is 1. The number of carbonyl (C=O) groups is 2. The van der Waals surface area contributed by atoms with Crippen LogP contribution in [0, 0.1) is 5.92 Å². The van der Waals surface area contributed by atoms with Crippen molar-refractivity contribution in [1.82, 2.24) is 4.90 Å². The number of ether oxygens (including phenoxy) is 1. The standard InChI is InChI=1S/C16H29NO4/c1-11(2)17(14(20)21-15(4,5)6)16(13(18)19)10-8-7-9-12(16)3/h11-12H,7-10H2,1-6H3,(H,18,19). The molecule has 21 heavy (non-hydrogen) atoms. The van der Waals surface area contributed by atoms with Gasteiger partial charge in [0, 0.05) is 6.04 Å². The maximum absolute atomic E-state index is 12.6. The first-order chi connectivity index (χ1) is 9.52. The number of nitrogens with zero attached hydrogens (tertiary/aromatic N) is 1. The molecule has 1 aliphatic rings. The fraction of sp³-hybridized carbons (Fsp3) is 0.875. The molecular formula is C16H29NO4. The number of amides is 1. The second kappa shape index (κ2) is 6.24. The molecule has 122 valence electrons. The molecular weight excluding hydrogens is 270 g/mol. The van der Waals surface area contributed by atoms with Crippen molar-refractivity contribution in [2.45, 2.75) is 84.4 Å². The summed E-state index contributed by atoms with van der Waals surface area (Å²) in [6, 6.07) is -0.225. The number of hydrogen-bond acceptors (Lipinski definition) is 3. The lowest BCUT2D eigenvalue weighted by molar-refractivity contribution is -0.159. The molecule has 0 aromatic carbocycles. The van der Waals surface area contributed by atoms with Gasteiger partial charge in [0.25, 0.3) is 0 Å². The third kappa shape index (κ3) is 3.69. The van der Waals surface area contributed by atoms with E-state index in [2.05, 4.69) is 0 Å². The van der Waals surface area contributed by atoms with Crippen molar-refractivity contribution in [3.63, 3.8) is 0 Å². The Kier molecular flexibility index (Phi) is 5.29. The van der Waals surface area contributed by atoms with E-state index in [0.29, 0.717) is 6.42 Å². The summed E-state index contributed by atoms with van der Waals surface area (Å²) in [5.74, 6) is -1.01. The van der Waals surface area contributed by atoms with Gasteiger partial charge in [-0.3, -0.25) is 4.90 Å². The first-order valence-electron chi connectivity index (χ1n) is 7.78. The average molecular weight is 299 g/mol. The van der Waals surface area contributed by atoms with Gasteiger partial charge in [-0.25, -0.2) is 9.59 Å². The van der Waals surface area contributed by atoms with Gasteiger partial charge in [-0.2, -0.15) is 0 Å². The monoisotopic (exact) mass is 299 g/mol. The van der Waals surface area contributed by atoms with Gasteiger partial charge >= 0.3 is 12.1 Å². The van der Waals surface area contributed by atoms with Gasteiger partial charge in [-0.1, -0.05) is 19.8 Å². The van der Waals surface area contributed by atoms with E-state index in [-0.39, 0.29) is 12.0 Å². The van der Waals surface area contributed by atoms with Crippen molar-refractivity contribution >= 4 is 12.1 Å². The number of rotatable bonds is 3. The molecule has 1 saturated carbocycles. The van der Waals surface area contributed by atoms with Gasteiger partial charge in [0.15, 0.2) is 0 Å². The lowest BCUT2D eigenvalue weighted by Gasteiger charge is -2.48. The van der Waals surface area contributed by atoms with Crippen LogP contribution in [-0.2, 0) is 9.53 Å². The molecule has 0 spiro atoms. The van der Waals surface area contributed by atoms with Crippen LogP contribution in [0.15, 0.2) is 0 Å². The van der Waals surface area contributed by atoms with Crippen molar-refractivity contribution in [3.05, 3.63) is 0 Å². The molecule has 5 nitrogen and oxygen atoms in total. The number of aliphatic carboxylic acids is 1. The molecule has 1 N–H and O–H groups in total. The molecule has 0 aromatic rings. The maximum atomic E-state index is 12.6. The molecule has 1 rings (SSSR count). The van der Waals surface area contributed by atoms with Crippen molar-refractivity contribution in [1.29, 1.82) is 0 Å². The zero-order chi connectivity index (χ0) is 16.4. The van der Waals surface area contributed by atoms with Crippen LogP contribution < -0.4 is 0 Å². The minimum absolute atomic E-state index is 0.0846. The van der Waals surface area contributed by atoms with Gasteiger partial charge in [-0.05, 0) is 53.4 Å². The fourth-order valence-corrected chi connectivity index (χ4v) is 3.25. The first kappa shape index (κ1) is 17.8. The molecule has 0 radical (unpaired) electrons.